The van der Waals surface area contributed by atoms with E-state index < -0.39 is 5.91 Å². The van der Waals surface area contributed by atoms with E-state index in [1.165, 1.54) is 0 Å². The molecular formula is C16H24ClN3O3. The lowest BCUT2D eigenvalue weighted by Gasteiger charge is -2.28. The number of nitrogens with two attached hydrogens (primary N) is 1. The smallest absolute Gasteiger partial charge is 0.248 e. The van der Waals surface area contributed by atoms with Crippen LogP contribution in [0.2, 0.25) is 0 Å². The first-order valence-electron chi connectivity index (χ1n) is 7.60. The molecule has 1 heterocycles. The van der Waals surface area contributed by atoms with Gasteiger partial charge in [-0.2, -0.15) is 0 Å². The van der Waals surface area contributed by atoms with Crippen molar-refractivity contribution in [1.82, 2.24) is 10.6 Å². The van der Waals surface area contributed by atoms with Crippen LogP contribution in [0, 0.1) is 0 Å². The van der Waals surface area contributed by atoms with Crippen LogP contribution in [-0.4, -0.2) is 37.0 Å². The molecule has 1 aliphatic rings. The normalized spacial score (nSPS) is 20.2. The second kappa shape index (κ2) is 9.37. The number of ether oxygens (including phenoxy) is 1. The van der Waals surface area contributed by atoms with Gasteiger partial charge < -0.3 is 21.1 Å². The van der Waals surface area contributed by atoms with E-state index in [0.717, 1.165) is 19.4 Å². The number of amides is 2. The molecule has 2 amide bonds. The van der Waals surface area contributed by atoms with Gasteiger partial charge in [0, 0.05) is 17.6 Å². The van der Waals surface area contributed by atoms with Crippen molar-refractivity contribution >= 4 is 24.2 Å². The summed E-state index contributed by atoms with van der Waals surface area (Å²) in [6, 6.07) is 7.31. The summed E-state index contributed by atoms with van der Waals surface area (Å²) in [6.07, 6.45) is 2.20. The van der Waals surface area contributed by atoms with Gasteiger partial charge in [-0.3, -0.25) is 9.59 Å². The average Bonchev–Trinajstić information content (AvgIpc) is 2.47. The molecule has 1 aliphatic heterocycles. The van der Waals surface area contributed by atoms with Gasteiger partial charge in [0.25, 0.3) is 0 Å². The first kappa shape index (κ1) is 19.3. The number of rotatable bonds is 6. The van der Waals surface area contributed by atoms with Crippen LogP contribution in [0.25, 0.3) is 0 Å². The van der Waals surface area contributed by atoms with Gasteiger partial charge in [0.15, 0.2) is 0 Å². The summed E-state index contributed by atoms with van der Waals surface area (Å²) in [4.78, 5) is 23.0. The van der Waals surface area contributed by atoms with Crippen LogP contribution < -0.4 is 21.1 Å². The molecule has 128 valence electrons. The number of halogens is 1. The third-order valence-electron chi connectivity index (χ3n) is 3.71. The number of carbonyl (C=O) groups excluding carboxylic acids is 2. The van der Waals surface area contributed by atoms with Crippen molar-refractivity contribution in [2.45, 2.75) is 38.3 Å². The van der Waals surface area contributed by atoms with Gasteiger partial charge in [-0.1, -0.05) is 6.07 Å². The fourth-order valence-electron chi connectivity index (χ4n) is 2.56. The Hall–Kier alpha value is -1.79. The van der Waals surface area contributed by atoms with E-state index in [9.17, 15) is 9.59 Å². The van der Waals surface area contributed by atoms with E-state index in [1.54, 1.807) is 24.3 Å². The first-order chi connectivity index (χ1) is 10.5. The maximum absolute atomic E-state index is 11.9. The lowest BCUT2D eigenvalue weighted by atomic mass is 10.0. The van der Waals surface area contributed by atoms with Gasteiger partial charge in [-0.25, -0.2) is 0 Å². The topological polar surface area (TPSA) is 93.4 Å². The molecule has 1 aromatic rings. The highest BCUT2D eigenvalue weighted by molar-refractivity contribution is 5.93. The van der Waals surface area contributed by atoms with Gasteiger partial charge in [-0.05, 0) is 44.5 Å². The molecule has 6 nitrogen and oxygen atoms in total. The Kier molecular flexibility index (Phi) is 7.85. The van der Waals surface area contributed by atoms with E-state index in [0.29, 0.717) is 23.8 Å². The van der Waals surface area contributed by atoms with Crippen molar-refractivity contribution in [2.75, 3.05) is 13.2 Å². The van der Waals surface area contributed by atoms with Crippen molar-refractivity contribution < 1.29 is 14.3 Å². The van der Waals surface area contributed by atoms with Gasteiger partial charge in [0.05, 0.1) is 13.0 Å². The van der Waals surface area contributed by atoms with Crippen molar-refractivity contribution in [3.63, 3.8) is 0 Å². The maximum atomic E-state index is 11.9. The Balaban J connectivity index is 0.00000264. The molecule has 1 aromatic carbocycles. The molecule has 2 rings (SSSR count). The molecule has 0 saturated carbocycles. The number of primary amides is 1. The Labute approximate surface area is 142 Å². The van der Waals surface area contributed by atoms with Gasteiger partial charge >= 0.3 is 0 Å². The highest BCUT2D eigenvalue weighted by Crippen LogP contribution is 2.13. The Bertz CT molecular complexity index is 539. The SMILES string of the molecule is CC1CC(NC(=O)CCOc2cccc(C(N)=O)c2)CCN1.Cl. The fraction of sp³-hybridized carbons (Fsp3) is 0.500. The molecule has 0 aliphatic carbocycles. The van der Waals surface area contributed by atoms with Crippen molar-refractivity contribution in [3.05, 3.63) is 29.8 Å². The van der Waals surface area contributed by atoms with Crippen LogP contribution in [0.5, 0.6) is 5.75 Å². The van der Waals surface area contributed by atoms with Crippen LogP contribution in [0.3, 0.4) is 0 Å². The standard InChI is InChI=1S/C16H23N3O3.ClH/c1-11-9-13(5-7-18-11)19-15(20)6-8-22-14-4-2-3-12(10-14)16(17)21;/h2-4,10-11,13,18H,5-9H2,1H3,(H2,17,21)(H,19,20);1H. The summed E-state index contributed by atoms with van der Waals surface area (Å²) in [7, 11) is 0. The van der Waals surface area contributed by atoms with E-state index in [-0.39, 0.29) is 31.0 Å². The summed E-state index contributed by atoms with van der Waals surface area (Å²) in [6.45, 7) is 3.32. The van der Waals surface area contributed by atoms with Crippen LogP contribution in [0.1, 0.15) is 36.5 Å². The molecule has 0 bridgehead atoms. The van der Waals surface area contributed by atoms with Crippen LogP contribution in [0.4, 0.5) is 0 Å². The molecule has 7 heteroatoms. The second-order valence-electron chi connectivity index (χ2n) is 5.63. The minimum Gasteiger partial charge on any atom is -0.493 e. The second-order valence-corrected chi connectivity index (χ2v) is 5.63. The van der Waals surface area contributed by atoms with Gasteiger partial charge in [0.2, 0.25) is 11.8 Å². The Morgan fingerprint density at radius 3 is 2.91 bits per heavy atom. The summed E-state index contributed by atoms with van der Waals surface area (Å²) < 4.78 is 5.50. The third-order valence-corrected chi connectivity index (χ3v) is 3.71. The van der Waals surface area contributed by atoms with Gasteiger partial charge in [-0.15, -0.1) is 12.4 Å². The van der Waals surface area contributed by atoms with Crippen LogP contribution in [0.15, 0.2) is 24.3 Å². The summed E-state index contributed by atoms with van der Waals surface area (Å²) in [5.74, 6) is 0.0352. The van der Waals surface area contributed by atoms with E-state index in [4.69, 9.17) is 10.5 Å². The number of carbonyl (C=O) groups is 2. The molecule has 2 unspecified atom stereocenters. The largest absolute Gasteiger partial charge is 0.493 e. The van der Waals surface area contributed by atoms with Crippen LogP contribution >= 0.6 is 12.4 Å². The van der Waals surface area contributed by atoms with Crippen molar-refractivity contribution in [3.8, 4) is 5.75 Å². The average molecular weight is 342 g/mol. The Morgan fingerprint density at radius 1 is 1.43 bits per heavy atom. The molecule has 0 aromatic heterocycles. The maximum Gasteiger partial charge on any atom is 0.248 e. The number of hydrogen-bond donors (Lipinski definition) is 3. The number of nitrogens with one attached hydrogen (secondary N) is 2. The molecule has 4 N–H and O–H groups in total. The highest BCUT2D eigenvalue weighted by Gasteiger charge is 2.19. The number of hydrogen-bond acceptors (Lipinski definition) is 4. The molecule has 0 radical (unpaired) electrons. The molecular weight excluding hydrogens is 318 g/mol. The minimum absolute atomic E-state index is 0. The predicted molar refractivity (Wildman–Crippen MR) is 90.9 cm³/mol. The van der Waals surface area contributed by atoms with Crippen LogP contribution in [-0.2, 0) is 4.79 Å². The zero-order valence-corrected chi connectivity index (χ0v) is 14.0. The number of benzene rings is 1. The highest BCUT2D eigenvalue weighted by atomic mass is 35.5. The molecule has 23 heavy (non-hydrogen) atoms. The minimum atomic E-state index is -0.497. The molecule has 1 fully saturated rings. The quantitative estimate of drug-likeness (QED) is 0.725. The summed E-state index contributed by atoms with van der Waals surface area (Å²) in [5, 5.41) is 6.38. The molecule has 1 saturated heterocycles. The Morgan fingerprint density at radius 2 is 2.22 bits per heavy atom. The number of piperidine rings is 1. The van der Waals surface area contributed by atoms with E-state index in [2.05, 4.69) is 17.6 Å². The zero-order valence-electron chi connectivity index (χ0n) is 13.2. The van der Waals surface area contributed by atoms with E-state index >= 15 is 0 Å². The fourth-order valence-corrected chi connectivity index (χ4v) is 2.56. The summed E-state index contributed by atoms with van der Waals surface area (Å²) >= 11 is 0. The lowest BCUT2D eigenvalue weighted by Crippen LogP contribution is -2.46. The van der Waals surface area contributed by atoms with Crippen molar-refractivity contribution in [1.29, 1.82) is 0 Å². The third kappa shape index (κ3) is 6.46. The lowest BCUT2D eigenvalue weighted by molar-refractivity contribution is -0.122. The van der Waals surface area contributed by atoms with Gasteiger partial charge in [0.1, 0.15) is 5.75 Å². The first-order valence-corrected chi connectivity index (χ1v) is 7.60. The summed E-state index contributed by atoms with van der Waals surface area (Å²) in [5.41, 5.74) is 5.61. The predicted octanol–water partition coefficient (Wildman–Crippen LogP) is 1.23. The van der Waals surface area contributed by atoms with E-state index in [1.807, 2.05) is 0 Å². The molecule has 2 atom stereocenters. The zero-order chi connectivity index (χ0) is 15.9. The molecule has 0 spiro atoms. The monoisotopic (exact) mass is 341 g/mol. The van der Waals surface area contributed by atoms with Crippen molar-refractivity contribution in [2.24, 2.45) is 5.73 Å².